The normalized spacial score (nSPS) is 15.1. The first kappa shape index (κ1) is 18.5. The summed E-state index contributed by atoms with van der Waals surface area (Å²) in [5.74, 6) is 1.30. The largest absolute Gasteiger partial charge is 0.468 e. The first-order valence-electron chi connectivity index (χ1n) is 9.92. The number of nitrogens with zero attached hydrogens (tertiary/aromatic N) is 2. The lowest BCUT2D eigenvalue weighted by Crippen LogP contribution is -2.48. The second-order valence-electron chi connectivity index (χ2n) is 7.31. The Morgan fingerprint density at radius 3 is 1.96 bits per heavy atom. The van der Waals surface area contributed by atoms with E-state index in [4.69, 9.17) is 4.42 Å². The van der Waals surface area contributed by atoms with Gasteiger partial charge in [-0.25, -0.2) is 0 Å². The van der Waals surface area contributed by atoms with Crippen LogP contribution in [0.25, 0.3) is 0 Å². The van der Waals surface area contributed by atoms with Crippen molar-refractivity contribution in [3.63, 3.8) is 0 Å². The fourth-order valence-corrected chi connectivity index (χ4v) is 3.88. The summed E-state index contributed by atoms with van der Waals surface area (Å²) in [5.41, 5.74) is 2.39. The number of benzene rings is 2. The van der Waals surface area contributed by atoms with Crippen molar-refractivity contribution in [1.82, 2.24) is 9.80 Å². The Labute approximate surface area is 166 Å². The molecule has 0 aliphatic carbocycles. The van der Waals surface area contributed by atoms with Gasteiger partial charge in [0.1, 0.15) is 5.76 Å². The van der Waals surface area contributed by atoms with Gasteiger partial charge in [0.15, 0.2) is 0 Å². The van der Waals surface area contributed by atoms with Crippen LogP contribution < -0.4 is 0 Å². The van der Waals surface area contributed by atoms with Crippen molar-refractivity contribution in [3.05, 3.63) is 95.9 Å². The number of hydrogen-bond acceptors (Lipinski definition) is 3. The van der Waals surface area contributed by atoms with E-state index in [0.717, 1.165) is 38.5 Å². The van der Waals surface area contributed by atoms with Gasteiger partial charge in [-0.1, -0.05) is 60.7 Å². The molecule has 1 aromatic heterocycles. The zero-order valence-corrected chi connectivity index (χ0v) is 16.0. The van der Waals surface area contributed by atoms with Crippen LogP contribution in [0.15, 0.2) is 83.5 Å². The maximum atomic E-state index is 13.1. The van der Waals surface area contributed by atoms with E-state index >= 15 is 0 Å². The Morgan fingerprint density at radius 2 is 1.43 bits per heavy atom. The van der Waals surface area contributed by atoms with Gasteiger partial charge in [0.2, 0.25) is 5.91 Å². The van der Waals surface area contributed by atoms with E-state index < -0.39 is 0 Å². The minimum atomic E-state index is 0.0936. The quantitative estimate of drug-likeness (QED) is 0.650. The highest BCUT2D eigenvalue weighted by atomic mass is 16.3. The average Bonchev–Trinajstić information content (AvgIpc) is 3.27. The molecule has 1 amide bonds. The van der Waals surface area contributed by atoms with E-state index in [1.54, 1.807) is 6.26 Å². The molecule has 2 aromatic carbocycles. The standard InChI is InChI=1S/C24H26N2O2/c27-24(26-15-13-25(14-16-26)19-22-12-7-17-28-22)18-23(20-8-3-1-4-9-20)21-10-5-2-6-11-21/h1-12,17,23H,13-16,18-19H2. The molecule has 1 saturated heterocycles. The third-order valence-corrected chi connectivity index (χ3v) is 5.47. The molecule has 1 aliphatic rings. The highest BCUT2D eigenvalue weighted by Gasteiger charge is 2.25. The maximum absolute atomic E-state index is 13.1. The van der Waals surface area contributed by atoms with Gasteiger partial charge < -0.3 is 9.32 Å². The molecule has 28 heavy (non-hydrogen) atoms. The zero-order valence-electron chi connectivity index (χ0n) is 16.0. The summed E-state index contributed by atoms with van der Waals surface area (Å²) in [5, 5.41) is 0. The van der Waals surface area contributed by atoms with E-state index in [-0.39, 0.29) is 11.8 Å². The van der Waals surface area contributed by atoms with Gasteiger partial charge in [-0.15, -0.1) is 0 Å². The van der Waals surface area contributed by atoms with Gasteiger partial charge >= 0.3 is 0 Å². The lowest BCUT2D eigenvalue weighted by Gasteiger charge is -2.35. The summed E-state index contributed by atoms with van der Waals surface area (Å²) < 4.78 is 5.44. The maximum Gasteiger partial charge on any atom is 0.223 e. The molecule has 4 nitrogen and oxygen atoms in total. The van der Waals surface area contributed by atoms with E-state index in [1.807, 2.05) is 53.4 Å². The summed E-state index contributed by atoms with van der Waals surface area (Å²) in [7, 11) is 0. The number of piperazine rings is 1. The van der Waals surface area contributed by atoms with Crippen LogP contribution in [0.4, 0.5) is 0 Å². The molecule has 0 saturated carbocycles. The van der Waals surface area contributed by atoms with Gasteiger partial charge in [0.25, 0.3) is 0 Å². The van der Waals surface area contributed by atoms with Crippen LogP contribution in [0.3, 0.4) is 0 Å². The van der Waals surface area contributed by atoms with Crippen LogP contribution in [-0.2, 0) is 11.3 Å². The van der Waals surface area contributed by atoms with Crippen LogP contribution in [-0.4, -0.2) is 41.9 Å². The minimum absolute atomic E-state index is 0.0936. The Bertz CT molecular complexity index is 815. The monoisotopic (exact) mass is 374 g/mol. The van der Waals surface area contributed by atoms with Gasteiger partial charge in [0.05, 0.1) is 12.8 Å². The Hall–Kier alpha value is -2.85. The van der Waals surface area contributed by atoms with Crippen molar-refractivity contribution in [2.75, 3.05) is 26.2 Å². The molecule has 0 N–H and O–H groups in total. The molecule has 2 heterocycles. The second kappa shape index (κ2) is 8.89. The SMILES string of the molecule is O=C(CC(c1ccccc1)c1ccccc1)N1CCN(Cc2ccco2)CC1. The fourth-order valence-electron chi connectivity index (χ4n) is 3.88. The highest BCUT2D eigenvalue weighted by molar-refractivity contribution is 5.78. The Morgan fingerprint density at radius 1 is 0.821 bits per heavy atom. The molecule has 0 atom stereocenters. The number of furan rings is 1. The summed E-state index contributed by atoms with van der Waals surface area (Å²) in [6.07, 6.45) is 2.22. The Balaban J connectivity index is 1.40. The number of carbonyl (C=O) groups is 1. The molecular weight excluding hydrogens is 348 g/mol. The predicted molar refractivity (Wildman–Crippen MR) is 110 cm³/mol. The van der Waals surface area contributed by atoms with Crippen LogP contribution in [0.5, 0.6) is 0 Å². The van der Waals surface area contributed by atoms with Crippen molar-refractivity contribution < 1.29 is 9.21 Å². The number of amides is 1. The van der Waals surface area contributed by atoms with Crippen LogP contribution in [0, 0.1) is 0 Å². The molecule has 0 radical (unpaired) electrons. The molecule has 0 bridgehead atoms. The summed E-state index contributed by atoms with van der Waals surface area (Å²) in [6, 6.07) is 24.6. The Kier molecular flexibility index (Phi) is 5.88. The second-order valence-corrected chi connectivity index (χ2v) is 7.31. The van der Waals surface area contributed by atoms with Gasteiger partial charge in [0, 0.05) is 38.5 Å². The predicted octanol–water partition coefficient (Wildman–Crippen LogP) is 4.15. The topological polar surface area (TPSA) is 36.7 Å². The van der Waals surface area contributed by atoms with E-state index in [2.05, 4.69) is 29.2 Å². The molecule has 144 valence electrons. The minimum Gasteiger partial charge on any atom is -0.468 e. The number of rotatable bonds is 6. The first-order chi connectivity index (χ1) is 13.8. The van der Waals surface area contributed by atoms with Crippen molar-refractivity contribution >= 4 is 5.91 Å². The summed E-state index contributed by atoms with van der Waals surface area (Å²) in [4.78, 5) is 17.4. The summed E-state index contributed by atoms with van der Waals surface area (Å²) >= 11 is 0. The van der Waals surface area contributed by atoms with Gasteiger partial charge in [-0.3, -0.25) is 9.69 Å². The third-order valence-electron chi connectivity index (χ3n) is 5.47. The van der Waals surface area contributed by atoms with E-state index in [1.165, 1.54) is 11.1 Å². The molecule has 4 rings (SSSR count). The lowest BCUT2D eigenvalue weighted by molar-refractivity contribution is -0.133. The van der Waals surface area contributed by atoms with Crippen molar-refractivity contribution in [3.8, 4) is 0 Å². The smallest absolute Gasteiger partial charge is 0.223 e. The van der Waals surface area contributed by atoms with Crippen molar-refractivity contribution in [2.24, 2.45) is 0 Å². The van der Waals surface area contributed by atoms with Crippen LogP contribution in [0.1, 0.15) is 29.2 Å². The highest BCUT2D eigenvalue weighted by Crippen LogP contribution is 2.28. The molecule has 0 spiro atoms. The van der Waals surface area contributed by atoms with Crippen LogP contribution >= 0.6 is 0 Å². The molecule has 0 unspecified atom stereocenters. The van der Waals surface area contributed by atoms with Crippen molar-refractivity contribution in [1.29, 1.82) is 0 Å². The van der Waals surface area contributed by atoms with Gasteiger partial charge in [-0.2, -0.15) is 0 Å². The lowest BCUT2D eigenvalue weighted by atomic mass is 9.88. The molecule has 4 heteroatoms. The van der Waals surface area contributed by atoms with Gasteiger partial charge in [-0.05, 0) is 23.3 Å². The number of carbonyl (C=O) groups excluding carboxylic acids is 1. The molecular formula is C24H26N2O2. The van der Waals surface area contributed by atoms with E-state index in [9.17, 15) is 4.79 Å². The van der Waals surface area contributed by atoms with E-state index in [0.29, 0.717) is 6.42 Å². The van der Waals surface area contributed by atoms with Crippen LogP contribution in [0.2, 0.25) is 0 Å². The number of hydrogen-bond donors (Lipinski definition) is 0. The third kappa shape index (κ3) is 4.52. The molecule has 1 fully saturated rings. The molecule has 3 aromatic rings. The zero-order chi connectivity index (χ0) is 19.2. The average molecular weight is 374 g/mol. The fraction of sp³-hybridized carbons (Fsp3) is 0.292. The molecule has 1 aliphatic heterocycles. The summed E-state index contributed by atoms with van der Waals surface area (Å²) in [6.45, 7) is 4.12. The first-order valence-corrected chi connectivity index (χ1v) is 9.92. The van der Waals surface area contributed by atoms with Crippen molar-refractivity contribution in [2.45, 2.75) is 18.9 Å².